The van der Waals surface area contributed by atoms with Gasteiger partial charge in [0, 0.05) is 43.2 Å². The number of anilines is 1. The van der Waals surface area contributed by atoms with Gasteiger partial charge >= 0.3 is 5.97 Å². The first-order valence-corrected chi connectivity index (χ1v) is 12.4. The molecule has 2 amide bonds. The summed E-state index contributed by atoms with van der Waals surface area (Å²) in [5.74, 6) is -6.05. The van der Waals surface area contributed by atoms with Gasteiger partial charge in [-0.1, -0.05) is 0 Å². The molecule has 1 saturated carbocycles. The van der Waals surface area contributed by atoms with Gasteiger partial charge in [-0.15, -0.1) is 0 Å². The molecule has 2 fully saturated rings. The van der Waals surface area contributed by atoms with E-state index in [0.717, 1.165) is 29.0 Å². The summed E-state index contributed by atoms with van der Waals surface area (Å²) >= 11 is 0. The van der Waals surface area contributed by atoms with Crippen molar-refractivity contribution in [3.63, 3.8) is 0 Å². The molecule has 210 valence electrons. The van der Waals surface area contributed by atoms with Gasteiger partial charge in [-0.3, -0.25) is 19.0 Å². The summed E-state index contributed by atoms with van der Waals surface area (Å²) in [6.07, 6.45) is 0.859. The number of carboxylic acid groups (broad SMARTS) is 1. The summed E-state index contributed by atoms with van der Waals surface area (Å²) in [4.78, 5) is 56.4. The minimum Gasteiger partial charge on any atom is -0.477 e. The summed E-state index contributed by atoms with van der Waals surface area (Å²) in [5.41, 5.74) is 8.93. The maximum absolute atomic E-state index is 15.4. The molecule has 3 aromatic rings. The topological polar surface area (TPSA) is 165 Å². The molecular weight excluding hydrogens is 533 g/mol. The molecular formula is C26H25F3N6O5. The van der Waals surface area contributed by atoms with Gasteiger partial charge in [-0.2, -0.15) is 0 Å². The zero-order valence-electron chi connectivity index (χ0n) is 21.3. The Morgan fingerprint density at radius 2 is 1.75 bits per heavy atom. The number of hydrogen-bond donors (Lipinski definition) is 3. The number of rotatable bonds is 7. The first-order chi connectivity index (χ1) is 18.8. The molecule has 1 saturated heterocycles. The molecule has 4 atom stereocenters. The lowest BCUT2D eigenvalue weighted by Gasteiger charge is -2.32. The molecule has 1 aliphatic heterocycles. The maximum atomic E-state index is 15.4. The van der Waals surface area contributed by atoms with E-state index in [0.29, 0.717) is 6.07 Å². The van der Waals surface area contributed by atoms with Crippen LogP contribution >= 0.6 is 0 Å². The van der Waals surface area contributed by atoms with Gasteiger partial charge in [0.05, 0.1) is 17.1 Å². The smallest absolute Gasteiger partial charge is 0.341 e. The Hall–Kier alpha value is -4.46. The summed E-state index contributed by atoms with van der Waals surface area (Å²) < 4.78 is 44.6. The van der Waals surface area contributed by atoms with E-state index in [-0.39, 0.29) is 48.1 Å². The fourth-order valence-corrected chi connectivity index (χ4v) is 5.50. The predicted molar refractivity (Wildman–Crippen MR) is 136 cm³/mol. The number of amides is 2. The molecule has 1 aromatic carbocycles. The van der Waals surface area contributed by atoms with E-state index in [1.54, 1.807) is 4.90 Å². The van der Waals surface area contributed by atoms with Crippen molar-refractivity contribution in [3.05, 3.63) is 63.7 Å². The normalized spacial score (nSPS) is 21.1. The zero-order valence-corrected chi connectivity index (χ0v) is 21.3. The van der Waals surface area contributed by atoms with E-state index < -0.39 is 63.7 Å². The fraction of sp³-hybridized carbons (Fsp3) is 0.346. The second-order valence-electron chi connectivity index (χ2n) is 10.1. The molecule has 1 aliphatic carbocycles. The first-order valence-electron chi connectivity index (χ1n) is 12.4. The number of carbonyl (C=O) groups is 3. The second-order valence-corrected chi connectivity index (χ2v) is 10.1. The summed E-state index contributed by atoms with van der Waals surface area (Å²) in [5, 5.41) is 9.10. The van der Waals surface area contributed by atoms with E-state index in [9.17, 15) is 33.1 Å². The number of piperidine rings is 1. The lowest BCUT2D eigenvalue weighted by atomic mass is 10.1. The highest BCUT2D eigenvalue weighted by atomic mass is 19.1. The number of nitrogens with zero attached hydrogens (tertiary/aromatic N) is 4. The van der Waals surface area contributed by atoms with Crippen molar-refractivity contribution in [3.8, 4) is 5.69 Å². The second kappa shape index (κ2) is 9.62. The van der Waals surface area contributed by atoms with Crippen LogP contribution in [0.25, 0.3) is 16.7 Å². The van der Waals surface area contributed by atoms with Gasteiger partial charge < -0.3 is 26.4 Å². The quantitative estimate of drug-likeness (QED) is 0.386. The predicted octanol–water partition coefficient (Wildman–Crippen LogP) is 0.985. The Kier molecular flexibility index (Phi) is 6.53. The fourth-order valence-electron chi connectivity index (χ4n) is 5.50. The van der Waals surface area contributed by atoms with Crippen molar-refractivity contribution in [2.24, 2.45) is 23.3 Å². The largest absolute Gasteiger partial charge is 0.477 e. The van der Waals surface area contributed by atoms with Crippen molar-refractivity contribution in [1.82, 2.24) is 14.5 Å². The maximum Gasteiger partial charge on any atom is 0.341 e. The van der Waals surface area contributed by atoms with E-state index >= 15 is 4.39 Å². The molecule has 2 aromatic heterocycles. The van der Waals surface area contributed by atoms with Crippen LogP contribution in [0, 0.1) is 29.3 Å². The van der Waals surface area contributed by atoms with Gasteiger partial charge in [0.25, 0.3) is 0 Å². The van der Waals surface area contributed by atoms with Crippen LogP contribution in [0.15, 0.2) is 35.3 Å². The van der Waals surface area contributed by atoms with Crippen molar-refractivity contribution in [2.45, 2.75) is 32.0 Å². The minimum atomic E-state index is -1.62. The highest BCUT2D eigenvalue weighted by Gasteiger charge is 2.61. The summed E-state index contributed by atoms with van der Waals surface area (Å²) in [6.45, 7) is 3.49. The van der Waals surface area contributed by atoms with Crippen LogP contribution in [0.5, 0.6) is 0 Å². The van der Waals surface area contributed by atoms with Crippen LogP contribution in [0.4, 0.5) is 19.0 Å². The van der Waals surface area contributed by atoms with Crippen molar-refractivity contribution >= 4 is 34.6 Å². The number of halogens is 3. The highest BCUT2D eigenvalue weighted by Crippen LogP contribution is 2.51. The molecule has 0 spiro atoms. The lowest BCUT2D eigenvalue weighted by Crippen LogP contribution is -2.54. The average molecular weight is 559 g/mol. The number of carbonyl (C=O) groups excluding carboxylic acids is 2. The molecule has 3 heterocycles. The monoisotopic (exact) mass is 558 g/mol. The van der Waals surface area contributed by atoms with E-state index in [1.165, 1.54) is 18.7 Å². The third-order valence-corrected chi connectivity index (χ3v) is 7.56. The SMILES string of the molecule is C[C@H](N)C(=O)N(C1C2CN(c3nc4c(cc3F)c(=O)c(C(=O)O)cn4-c3ccc(F)cc3F)CC21)[C@@H](C)C(N)=O. The highest BCUT2D eigenvalue weighted by molar-refractivity contribution is 5.93. The average Bonchev–Trinajstić information content (AvgIpc) is 3.34. The van der Waals surface area contributed by atoms with Crippen molar-refractivity contribution in [1.29, 1.82) is 0 Å². The standard InChI is InChI=1S/C26H25F3N6O5/c1-10(30)25(38)35(11(2)22(31)37)20-14-7-33(8-15(14)20)24-18(29)6-13-21(36)16(26(39)40)9-34(23(13)32-24)19-4-3-12(27)5-17(19)28/h3-6,9-11,14-15,20H,7-8,30H2,1-2H3,(H2,31,37)(H,39,40)/t10-,11-,14?,15?,20?/m0/s1. The van der Waals surface area contributed by atoms with Crippen molar-refractivity contribution in [2.75, 3.05) is 18.0 Å². The van der Waals surface area contributed by atoms with E-state index in [4.69, 9.17) is 11.5 Å². The van der Waals surface area contributed by atoms with Crippen LogP contribution in [0.3, 0.4) is 0 Å². The number of aromatic nitrogens is 2. The van der Waals surface area contributed by atoms with E-state index in [2.05, 4.69) is 4.98 Å². The molecule has 2 unspecified atom stereocenters. The molecule has 2 aliphatic rings. The Morgan fingerprint density at radius 1 is 1.10 bits per heavy atom. The van der Waals surface area contributed by atoms with Gasteiger partial charge in [0.2, 0.25) is 17.2 Å². The van der Waals surface area contributed by atoms with Gasteiger partial charge in [-0.05, 0) is 32.0 Å². The van der Waals surface area contributed by atoms with Gasteiger partial charge in [-0.25, -0.2) is 22.9 Å². The van der Waals surface area contributed by atoms with Crippen LogP contribution in [0.2, 0.25) is 0 Å². The van der Waals surface area contributed by atoms with Crippen molar-refractivity contribution < 1.29 is 32.7 Å². The van der Waals surface area contributed by atoms with E-state index in [1.807, 2.05) is 0 Å². The Morgan fingerprint density at radius 3 is 2.30 bits per heavy atom. The minimum absolute atomic E-state index is 0.146. The Labute approximate surface area is 224 Å². The Bertz CT molecular complexity index is 1630. The third kappa shape index (κ3) is 4.33. The number of aromatic carboxylic acids is 1. The van der Waals surface area contributed by atoms with Crippen LogP contribution in [0.1, 0.15) is 24.2 Å². The molecule has 0 bridgehead atoms. The molecule has 14 heteroatoms. The molecule has 5 rings (SSSR count). The summed E-state index contributed by atoms with van der Waals surface area (Å²) in [7, 11) is 0. The number of fused-ring (bicyclic) bond motifs is 2. The van der Waals surface area contributed by atoms with Crippen LogP contribution in [-0.4, -0.2) is 68.6 Å². The number of pyridine rings is 2. The molecule has 40 heavy (non-hydrogen) atoms. The number of primary amides is 1. The van der Waals surface area contributed by atoms with Crippen LogP contribution in [-0.2, 0) is 9.59 Å². The van der Waals surface area contributed by atoms with Crippen LogP contribution < -0.4 is 21.8 Å². The number of benzene rings is 1. The number of hydrogen-bond acceptors (Lipinski definition) is 7. The Balaban J connectivity index is 1.54. The number of carboxylic acids is 1. The third-order valence-electron chi connectivity index (χ3n) is 7.56. The van der Waals surface area contributed by atoms with Gasteiger partial charge in [0.15, 0.2) is 17.3 Å². The molecule has 5 N–H and O–H groups in total. The number of nitrogens with two attached hydrogens (primary N) is 2. The zero-order chi connectivity index (χ0) is 29.2. The van der Waals surface area contributed by atoms with Gasteiger partial charge in [0.1, 0.15) is 23.2 Å². The lowest BCUT2D eigenvalue weighted by molar-refractivity contribution is -0.140. The first kappa shape index (κ1) is 27.1. The molecule has 11 nitrogen and oxygen atoms in total. The summed E-state index contributed by atoms with van der Waals surface area (Å²) in [6, 6.07) is 1.31. The molecule has 0 radical (unpaired) electrons.